The standard InChI is InChI=1S/C14H18N4O2/c1-20-14(19)12-11-8-10(15)4-7-18(11)13(17-12)9-2-5-16-6-3-9/h4,7-9,16H,2-3,5-6,15H2,1H3. The number of hydrogen-bond donors (Lipinski definition) is 2. The molecular formula is C14H18N4O2. The zero-order valence-corrected chi connectivity index (χ0v) is 11.4. The van der Waals surface area contributed by atoms with Crippen LogP contribution in [0, 0.1) is 0 Å². The maximum absolute atomic E-state index is 11.9. The second-order valence-electron chi connectivity index (χ2n) is 5.05. The molecular weight excluding hydrogens is 256 g/mol. The van der Waals surface area contributed by atoms with Gasteiger partial charge in [0.2, 0.25) is 0 Å². The Balaban J connectivity index is 2.14. The number of piperidine rings is 1. The topological polar surface area (TPSA) is 81.6 Å². The monoisotopic (exact) mass is 274 g/mol. The molecule has 1 aliphatic rings. The van der Waals surface area contributed by atoms with Gasteiger partial charge in [0.15, 0.2) is 5.69 Å². The van der Waals surface area contributed by atoms with Gasteiger partial charge in [-0.25, -0.2) is 9.78 Å². The molecule has 3 N–H and O–H groups in total. The van der Waals surface area contributed by atoms with Gasteiger partial charge in [-0.15, -0.1) is 0 Å². The third-order valence-corrected chi connectivity index (χ3v) is 3.78. The van der Waals surface area contributed by atoms with Gasteiger partial charge in [-0.2, -0.15) is 0 Å². The first-order valence-electron chi connectivity index (χ1n) is 6.77. The largest absolute Gasteiger partial charge is 0.464 e. The lowest BCUT2D eigenvalue weighted by atomic mass is 9.97. The van der Waals surface area contributed by atoms with Crippen molar-refractivity contribution in [3.63, 3.8) is 0 Å². The van der Waals surface area contributed by atoms with Crippen molar-refractivity contribution in [3.05, 3.63) is 29.8 Å². The molecule has 0 atom stereocenters. The number of carbonyl (C=O) groups excluding carboxylic acids is 1. The smallest absolute Gasteiger partial charge is 0.358 e. The van der Waals surface area contributed by atoms with E-state index in [1.165, 1.54) is 7.11 Å². The number of pyridine rings is 1. The van der Waals surface area contributed by atoms with Gasteiger partial charge in [0.25, 0.3) is 0 Å². The van der Waals surface area contributed by atoms with Crippen LogP contribution in [0.1, 0.15) is 35.1 Å². The molecule has 0 spiro atoms. The lowest BCUT2D eigenvalue weighted by Crippen LogP contribution is -2.27. The SMILES string of the molecule is COC(=O)c1nc(C2CCNCC2)n2ccc(N)cc12. The first-order valence-corrected chi connectivity index (χ1v) is 6.77. The summed E-state index contributed by atoms with van der Waals surface area (Å²) in [5, 5.41) is 3.33. The molecule has 0 amide bonds. The number of nitrogen functional groups attached to an aromatic ring is 1. The van der Waals surface area contributed by atoms with E-state index in [0.29, 0.717) is 22.8 Å². The molecule has 6 nitrogen and oxygen atoms in total. The molecule has 20 heavy (non-hydrogen) atoms. The number of ether oxygens (including phenoxy) is 1. The third-order valence-electron chi connectivity index (χ3n) is 3.78. The minimum atomic E-state index is -0.423. The predicted octanol–water partition coefficient (Wildman–Crippen LogP) is 1.17. The summed E-state index contributed by atoms with van der Waals surface area (Å²) in [6, 6.07) is 3.59. The Kier molecular flexibility index (Phi) is 3.31. The molecule has 2 aromatic heterocycles. The summed E-state index contributed by atoms with van der Waals surface area (Å²) >= 11 is 0. The van der Waals surface area contributed by atoms with E-state index in [1.54, 1.807) is 6.07 Å². The van der Waals surface area contributed by atoms with Crippen LogP contribution < -0.4 is 11.1 Å². The van der Waals surface area contributed by atoms with E-state index in [4.69, 9.17) is 10.5 Å². The summed E-state index contributed by atoms with van der Waals surface area (Å²) in [5.74, 6) is 0.848. The van der Waals surface area contributed by atoms with Crippen molar-refractivity contribution in [2.24, 2.45) is 0 Å². The Bertz CT molecular complexity index is 644. The highest BCUT2D eigenvalue weighted by Crippen LogP contribution is 2.27. The number of rotatable bonds is 2. The van der Waals surface area contributed by atoms with Crippen LogP contribution >= 0.6 is 0 Å². The number of anilines is 1. The van der Waals surface area contributed by atoms with Crippen LogP contribution in [-0.4, -0.2) is 35.6 Å². The number of aromatic nitrogens is 2. The maximum Gasteiger partial charge on any atom is 0.358 e. The van der Waals surface area contributed by atoms with Gasteiger partial charge in [-0.05, 0) is 38.1 Å². The minimum Gasteiger partial charge on any atom is -0.464 e. The van der Waals surface area contributed by atoms with E-state index in [9.17, 15) is 4.79 Å². The molecule has 0 aliphatic carbocycles. The molecule has 3 rings (SSSR count). The van der Waals surface area contributed by atoms with Gasteiger partial charge >= 0.3 is 5.97 Å². The molecule has 0 saturated carbocycles. The summed E-state index contributed by atoms with van der Waals surface area (Å²) in [5.41, 5.74) is 7.48. The molecule has 0 aromatic carbocycles. The van der Waals surface area contributed by atoms with Crippen LogP contribution in [-0.2, 0) is 4.74 Å². The quantitative estimate of drug-likeness (QED) is 0.803. The van der Waals surface area contributed by atoms with Gasteiger partial charge in [0, 0.05) is 17.8 Å². The van der Waals surface area contributed by atoms with E-state index in [1.807, 2.05) is 16.7 Å². The molecule has 1 saturated heterocycles. The van der Waals surface area contributed by atoms with Crippen molar-refractivity contribution in [1.29, 1.82) is 0 Å². The number of fused-ring (bicyclic) bond motifs is 1. The van der Waals surface area contributed by atoms with Crippen LogP contribution in [0.2, 0.25) is 0 Å². The summed E-state index contributed by atoms with van der Waals surface area (Å²) in [6.07, 6.45) is 3.91. The molecule has 6 heteroatoms. The number of nitrogens with two attached hydrogens (primary N) is 1. The Morgan fingerprint density at radius 2 is 2.25 bits per heavy atom. The van der Waals surface area contributed by atoms with Gasteiger partial charge in [-0.3, -0.25) is 0 Å². The highest BCUT2D eigenvalue weighted by Gasteiger charge is 2.24. The molecule has 106 valence electrons. The molecule has 0 radical (unpaired) electrons. The van der Waals surface area contributed by atoms with Crippen molar-refractivity contribution in [1.82, 2.24) is 14.7 Å². The number of imidazole rings is 1. The zero-order chi connectivity index (χ0) is 14.1. The van der Waals surface area contributed by atoms with Gasteiger partial charge in [-0.1, -0.05) is 0 Å². The normalized spacial score (nSPS) is 16.4. The molecule has 2 aromatic rings. The van der Waals surface area contributed by atoms with Gasteiger partial charge < -0.3 is 20.2 Å². The van der Waals surface area contributed by atoms with Crippen LogP contribution in [0.4, 0.5) is 5.69 Å². The fourth-order valence-corrected chi connectivity index (χ4v) is 2.74. The number of carbonyl (C=O) groups is 1. The number of nitrogens with one attached hydrogen (secondary N) is 1. The predicted molar refractivity (Wildman–Crippen MR) is 75.8 cm³/mol. The fourth-order valence-electron chi connectivity index (χ4n) is 2.74. The van der Waals surface area contributed by atoms with Crippen molar-refractivity contribution in [3.8, 4) is 0 Å². The summed E-state index contributed by atoms with van der Waals surface area (Å²) in [6.45, 7) is 1.95. The van der Waals surface area contributed by atoms with E-state index < -0.39 is 5.97 Å². The van der Waals surface area contributed by atoms with Crippen molar-refractivity contribution in [2.75, 3.05) is 25.9 Å². The number of hydrogen-bond acceptors (Lipinski definition) is 5. The third kappa shape index (κ3) is 2.12. The highest BCUT2D eigenvalue weighted by molar-refractivity contribution is 5.95. The van der Waals surface area contributed by atoms with Crippen molar-refractivity contribution >= 4 is 17.2 Å². The van der Waals surface area contributed by atoms with Gasteiger partial charge in [0.1, 0.15) is 5.82 Å². The Hall–Kier alpha value is -2.08. The zero-order valence-electron chi connectivity index (χ0n) is 11.4. The highest BCUT2D eigenvalue weighted by atomic mass is 16.5. The molecule has 1 fully saturated rings. The molecule has 3 heterocycles. The lowest BCUT2D eigenvalue weighted by molar-refractivity contribution is 0.0596. The summed E-state index contributed by atoms with van der Waals surface area (Å²) in [7, 11) is 1.37. The average molecular weight is 274 g/mol. The molecule has 0 unspecified atom stereocenters. The summed E-state index contributed by atoms with van der Waals surface area (Å²) in [4.78, 5) is 16.4. The van der Waals surface area contributed by atoms with E-state index in [2.05, 4.69) is 10.3 Å². The Morgan fingerprint density at radius 3 is 2.95 bits per heavy atom. The minimum absolute atomic E-state index is 0.341. The second kappa shape index (κ2) is 5.13. The first kappa shape index (κ1) is 12.9. The number of esters is 1. The van der Waals surface area contributed by atoms with Crippen LogP contribution in [0.5, 0.6) is 0 Å². The average Bonchev–Trinajstić information content (AvgIpc) is 2.86. The van der Waals surface area contributed by atoms with E-state index in [-0.39, 0.29) is 0 Å². The second-order valence-corrected chi connectivity index (χ2v) is 5.05. The summed E-state index contributed by atoms with van der Waals surface area (Å²) < 4.78 is 6.77. The van der Waals surface area contributed by atoms with E-state index in [0.717, 1.165) is 31.8 Å². The Morgan fingerprint density at radius 1 is 1.50 bits per heavy atom. The van der Waals surface area contributed by atoms with Crippen LogP contribution in [0.15, 0.2) is 18.3 Å². The first-order chi connectivity index (χ1) is 9.70. The van der Waals surface area contributed by atoms with Crippen molar-refractivity contribution in [2.45, 2.75) is 18.8 Å². The molecule has 1 aliphatic heterocycles. The number of nitrogens with zero attached hydrogens (tertiary/aromatic N) is 2. The number of methoxy groups -OCH3 is 1. The van der Waals surface area contributed by atoms with Crippen LogP contribution in [0.25, 0.3) is 5.52 Å². The van der Waals surface area contributed by atoms with Crippen LogP contribution in [0.3, 0.4) is 0 Å². The maximum atomic E-state index is 11.9. The van der Waals surface area contributed by atoms with Gasteiger partial charge in [0.05, 0.1) is 12.6 Å². The van der Waals surface area contributed by atoms with Crippen molar-refractivity contribution < 1.29 is 9.53 Å². The fraction of sp³-hybridized carbons (Fsp3) is 0.429. The van der Waals surface area contributed by atoms with E-state index >= 15 is 0 Å². The lowest BCUT2D eigenvalue weighted by Gasteiger charge is -2.21. The molecule has 0 bridgehead atoms. The Labute approximate surface area is 116 Å².